The van der Waals surface area contributed by atoms with Gasteiger partial charge in [0.15, 0.2) is 5.82 Å². The van der Waals surface area contributed by atoms with Crippen LogP contribution >= 0.6 is 0 Å². The molecular weight excluding hydrogens is 382 g/mol. The van der Waals surface area contributed by atoms with Crippen LogP contribution in [0.3, 0.4) is 0 Å². The van der Waals surface area contributed by atoms with E-state index in [0.717, 1.165) is 0 Å². The van der Waals surface area contributed by atoms with E-state index in [2.05, 4.69) is 9.97 Å². The fraction of sp³-hybridized carbons (Fsp3) is 0. The van der Waals surface area contributed by atoms with Crippen molar-refractivity contribution in [2.24, 2.45) is 0 Å². The van der Waals surface area contributed by atoms with Crippen LogP contribution in [0.15, 0.2) is 72.8 Å². The number of halogens is 2. The van der Waals surface area contributed by atoms with E-state index in [1.54, 1.807) is 12.1 Å². The standard InChI is InChI=1S/C24H12F2N4/c25-18-8-6-16(13-27)20(10-18)22-12-23(21-11-19(26)9-7-17(21)14-28)30-24(29-22)15-4-2-1-3-5-15/h1-12H. The highest BCUT2D eigenvalue weighted by Gasteiger charge is 2.16. The van der Waals surface area contributed by atoms with Crippen molar-refractivity contribution < 1.29 is 8.78 Å². The van der Waals surface area contributed by atoms with Crippen molar-refractivity contribution in [2.75, 3.05) is 0 Å². The summed E-state index contributed by atoms with van der Waals surface area (Å²) < 4.78 is 27.9. The minimum absolute atomic E-state index is 0.236. The van der Waals surface area contributed by atoms with E-state index in [0.29, 0.717) is 22.8 Å². The molecule has 0 N–H and O–H groups in total. The number of hydrogen-bond acceptors (Lipinski definition) is 4. The highest BCUT2D eigenvalue weighted by Crippen LogP contribution is 2.31. The van der Waals surface area contributed by atoms with Gasteiger partial charge in [-0.2, -0.15) is 10.5 Å². The molecule has 1 aromatic heterocycles. The topological polar surface area (TPSA) is 73.4 Å². The number of aromatic nitrogens is 2. The number of nitrogens with zero attached hydrogens (tertiary/aromatic N) is 4. The molecule has 1 heterocycles. The lowest BCUT2D eigenvalue weighted by Gasteiger charge is -2.11. The van der Waals surface area contributed by atoms with Crippen LogP contribution in [0.2, 0.25) is 0 Å². The van der Waals surface area contributed by atoms with E-state index >= 15 is 0 Å². The molecule has 0 aliphatic rings. The first-order chi connectivity index (χ1) is 14.6. The van der Waals surface area contributed by atoms with Gasteiger partial charge in [0.05, 0.1) is 34.7 Å². The Morgan fingerprint density at radius 1 is 0.633 bits per heavy atom. The van der Waals surface area contributed by atoms with Crippen LogP contribution in [0.5, 0.6) is 0 Å². The van der Waals surface area contributed by atoms with Crippen LogP contribution < -0.4 is 0 Å². The second kappa shape index (κ2) is 7.90. The smallest absolute Gasteiger partial charge is 0.160 e. The summed E-state index contributed by atoms with van der Waals surface area (Å²) in [6.45, 7) is 0. The minimum atomic E-state index is -0.520. The molecule has 4 aromatic rings. The fourth-order valence-corrected chi connectivity index (χ4v) is 3.09. The SMILES string of the molecule is N#Cc1ccc(F)cc1-c1cc(-c2cc(F)ccc2C#N)nc(-c2ccccc2)n1. The van der Waals surface area contributed by atoms with Crippen molar-refractivity contribution >= 4 is 0 Å². The molecular formula is C24H12F2N4. The third-order valence-corrected chi connectivity index (χ3v) is 4.51. The molecule has 0 amide bonds. The highest BCUT2D eigenvalue weighted by atomic mass is 19.1. The van der Waals surface area contributed by atoms with Gasteiger partial charge >= 0.3 is 0 Å². The van der Waals surface area contributed by atoms with E-state index < -0.39 is 11.6 Å². The van der Waals surface area contributed by atoms with Crippen LogP contribution in [0.25, 0.3) is 33.9 Å². The molecule has 0 saturated carbocycles. The van der Waals surface area contributed by atoms with Crippen LogP contribution in [-0.2, 0) is 0 Å². The van der Waals surface area contributed by atoms with Crippen molar-refractivity contribution in [1.82, 2.24) is 9.97 Å². The summed E-state index contributed by atoms with van der Waals surface area (Å²) in [5.41, 5.74) is 2.32. The quantitative estimate of drug-likeness (QED) is 0.460. The van der Waals surface area contributed by atoms with Gasteiger partial charge < -0.3 is 0 Å². The maximum atomic E-state index is 13.9. The molecule has 0 bridgehead atoms. The number of hydrogen-bond donors (Lipinski definition) is 0. The lowest BCUT2D eigenvalue weighted by Crippen LogP contribution is -1.99. The normalized spacial score (nSPS) is 10.3. The molecule has 142 valence electrons. The number of nitriles is 2. The van der Waals surface area contributed by atoms with Crippen LogP contribution in [-0.4, -0.2) is 9.97 Å². The first-order valence-electron chi connectivity index (χ1n) is 8.93. The summed E-state index contributed by atoms with van der Waals surface area (Å²) >= 11 is 0. The van der Waals surface area contributed by atoms with Gasteiger partial charge in [-0.1, -0.05) is 30.3 Å². The van der Waals surface area contributed by atoms with E-state index in [4.69, 9.17) is 0 Å². The van der Waals surface area contributed by atoms with E-state index in [1.165, 1.54) is 42.5 Å². The zero-order chi connectivity index (χ0) is 21.1. The van der Waals surface area contributed by atoms with E-state index in [9.17, 15) is 19.3 Å². The third kappa shape index (κ3) is 3.63. The van der Waals surface area contributed by atoms with E-state index in [-0.39, 0.29) is 22.3 Å². The zero-order valence-corrected chi connectivity index (χ0v) is 15.5. The van der Waals surface area contributed by atoms with Crippen molar-refractivity contribution in [1.29, 1.82) is 10.5 Å². The minimum Gasteiger partial charge on any atom is -0.228 e. The van der Waals surface area contributed by atoms with Gasteiger partial charge in [0, 0.05) is 16.7 Å². The molecule has 6 heteroatoms. The summed E-state index contributed by atoms with van der Waals surface area (Å²) in [7, 11) is 0. The third-order valence-electron chi connectivity index (χ3n) is 4.51. The largest absolute Gasteiger partial charge is 0.228 e. The lowest BCUT2D eigenvalue weighted by atomic mass is 10.00. The average Bonchev–Trinajstić information content (AvgIpc) is 2.79. The Labute approximate surface area is 171 Å². The van der Waals surface area contributed by atoms with Gasteiger partial charge in [0.1, 0.15) is 11.6 Å². The van der Waals surface area contributed by atoms with Crippen molar-refractivity contribution in [3.8, 4) is 46.0 Å². The van der Waals surface area contributed by atoms with Crippen molar-refractivity contribution in [2.45, 2.75) is 0 Å². The molecule has 0 spiro atoms. The first-order valence-corrected chi connectivity index (χ1v) is 8.93. The molecule has 3 aromatic carbocycles. The second-order valence-electron chi connectivity index (χ2n) is 6.43. The molecule has 0 radical (unpaired) electrons. The molecule has 0 saturated heterocycles. The van der Waals surface area contributed by atoms with Crippen LogP contribution in [0.4, 0.5) is 8.78 Å². The van der Waals surface area contributed by atoms with Crippen LogP contribution in [0.1, 0.15) is 11.1 Å². The monoisotopic (exact) mass is 394 g/mol. The van der Waals surface area contributed by atoms with Gasteiger partial charge in [-0.25, -0.2) is 18.7 Å². The summed E-state index contributed by atoms with van der Waals surface area (Å²) in [4.78, 5) is 9.04. The number of benzene rings is 3. The Balaban J connectivity index is 2.03. The summed E-state index contributed by atoms with van der Waals surface area (Å²) in [5, 5.41) is 18.9. The second-order valence-corrected chi connectivity index (χ2v) is 6.43. The van der Waals surface area contributed by atoms with Crippen LogP contribution in [0, 0.1) is 34.3 Å². The summed E-state index contributed by atoms with van der Waals surface area (Å²) in [6, 6.07) is 22.2. The predicted molar refractivity (Wildman–Crippen MR) is 108 cm³/mol. The Kier molecular flexibility index (Phi) is 4.99. The maximum Gasteiger partial charge on any atom is 0.160 e. The fourth-order valence-electron chi connectivity index (χ4n) is 3.09. The molecule has 4 rings (SSSR count). The molecule has 0 aliphatic heterocycles. The van der Waals surface area contributed by atoms with Gasteiger partial charge in [0.2, 0.25) is 0 Å². The first kappa shape index (κ1) is 18.9. The average molecular weight is 394 g/mol. The van der Waals surface area contributed by atoms with E-state index in [1.807, 2.05) is 30.3 Å². The zero-order valence-electron chi connectivity index (χ0n) is 15.5. The van der Waals surface area contributed by atoms with Crippen molar-refractivity contribution in [3.05, 3.63) is 95.6 Å². The molecule has 0 aliphatic carbocycles. The maximum absolute atomic E-state index is 13.9. The van der Waals surface area contributed by atoms with Gasteiger partial charge in [-0.05, 0) is 42.5 Å². The van der Waals surface area contributed by atoms with Gasteiger partial charge in [0.25, 0.3) is 0 Å². The Morgan fingerprint density at radius 3 is 1.60 bits per heavy atom. The Hall–Kier alpha value is -4.42. The Morgan fingerprint density at radius 2 is 1.13 bits per heavy atom. The molecule has 4 nitrogen and oxygen atoms in total. The predicted octanol–water partition coefficient (Wildman–Crippen LogP) is 5.50. The van der Waals surface area contributed by atoms with Crippen molar-refractivity contribution in [3.63, 3.8) is 0 Å². The highest BCUT2D eigenvalue weighted by molar-refractivity contribution is 5.76. The van der Waals surface area contributed by atoms with Gasteiger partial charge in [-0.15, -0.1) is 0 Å². The number of rotatable bonds is 3. The molecule has 0 fully saturated rings. The molecule has 0 atom stereocenters. The van der Waals surface area contributed by atoms with Gasteiger partial charge in [-0.3, -0.25) is 0 Å². The Bertz CT molecular complexity index is 1250. The molecule has 0 unspecified atom stereocenters. The lowest BCUT2D eigenvalue weighted by molar-refractivity contribution is 0.628. The molecule has 30 heavy (non-hydrogen) atoms. The summed E-state index contributed by atoms with van der Waals surface area (Å²) in [6.07, 6.45) is 0. The summed E-state index contributed by atoms with van der Waals surface area (Å²) in [5.74, 6) is -0.729.